The molecule has 2 aliphatic rings. The SMILES string of the molecule is O=C(O)CCC/C=C\C[C@H]1[C@H]2CC[C@H](C2)[C@@H]1NS(=O)Oc1ccccc1. The van der Waals surface area contributed by atoms with E-state index in [4.69, 9.17) is 9.29 Å². The molecule has 0 heterocycles. The third-order valence-electron chi connectivity index (χ3n) is 5.57. The molecule has 3 rings (SSSR count). The summed E-state index contributed by atoms with van der Waals surface area (Å²) >= 11 is -1.54. The van der Waals surface area contributed by atoms with Gasteiger partial charge in [0.05, 0.1) is 0 Å². The molecule has 0 aliphatic heterocycles. The van der Waals surface area contributed by atoms with Crippen molar-refractivity contribution in [3.63, 3.8) is 0 Å². The van der Waals surface area contributed by atoms with Gasteiger partial charge in [-0.15, -0.1) is 0 Å². The van der Waals surface area contributed by atoms with Crippen LogP contribution in [0.25, 0.3) is 0 Å². The van der Waals surface area contributed by atoms with E-state index < -0.39 is 17.2 Å². The number of carbonyl (C=O) groups is 1. The summed E-state index contributed by atoms with van der Waals surface area (Å²) in [5.41, 5.74) is 0. The van der Waals surface area contributed by atoms with Gasteiger partial charge < -0.3 is 9.29 Å². The second-order valence-corrected chi connectivity index (χ2v) is 8.14. The van der Waals surface area contributed by atoms with Crippen LogP contribution < -0.4 is 8.91 Å². The first kappa shape index (κ1) is 19.1. The van der Waals surface area contributed by atoms with E-state index in [1.54, 1.807) is 12.1 Å². The van der Waals surface area contributed by atoms with Gasteiger partial charge in [0.15, 0.2) is 0 Å². The van der Waals surface area contributed by atoms with Gasteiger partial charge in [0.1, 0.15) is 5.75 Å². The number of hydrogen-bond acceptors (Lipinski definition) is 3. The first-order chi connectivity index (χ1) is 12.6. The van der Waals surface area contributed by atoms with E-state index in [2.05, 4.69) is 16.9 Å². The highest BCUT2D eigenvalue weighted by Crippen LogP contribution is 2.50. The van der Waals surface area contributed by atoms with Gasteiger partial charge in [-0.1, -0.05) is 30.4 Å². The number of nitrogens with one attached hydrogen (secondary N) is 1. The third-order valence-corrected chi connectivity index (χ3v) is 6.38. The normalized spacial score (nSPS) is 28.5. The molecular weight excluding hydrogens is 350 g/mol. The molecule has 1 aromatic rings. The lowest BCUT2D eigenvalue weighted by Gasteiger charge is -2.30. The molecule has 1 unspecified atom stereocenters. The van der Waals surface area contributed by atoms with Gasteiger partial charge in [-0.2, -0.15) is 4.21 Å². The van der Waals surface area contributed by atoms with E-state index in [9.17, 15) is 9.00 Å². The van der Waals surface area contributed by atoms with Crippen molar-refractivity contribution in [3.8, 4) is 5.75 Å². The Balaban J connectivity index is 1.49. The van der Waals surface area contributed by atoms with Gasteiger partial charge in [0, 0.05) is 12.5 Å². The predicted octanol–water partition coefficient (Wildman–Crippen LogP) is 3.85. The van der Waals surface area contributed by atoms with Crippen molar-refractivity contribution in [1.82, 2.24) is 4.72 Å². The Bertz CT molecular complexity index is 648. The molecule has 2 saturated carbocycles. The maximum absolute atomic E-state index is 12.4. The minimum absolute atomic E-state index is 0.221. The summed E-state index contributed by atoms with van der Waals surface area (Å²) in [6, 6.07) is 9.46. The summed E-state index contributed by atoms with van der Waals surface area (Å²) < 4.78 is 21.1. The zero-order valence-corrected chi connectivity index (χ0v) is 15.7. The quantitative estimate of drug-likeness (QED) is 0.480. The van der Waals surface area contributed by atoms with Crippen molar-refractivity contribution in [1.29, 1.82) is 0 Å². The smallest absolute Gasteiger partial charge is 0.303 e. The number of aliphatic carboxylic acids is 1. The molecule has 0 amide bonds. The highest BCUT2D eigenvalue weighted by Gasteiger charge is 2.47. The van der Waals surface area contributed by atoms with E-state index in [1.807, 2.05) is 18.2 Å². The zero-order chi connectivity index (χ0) is 18.4. The molecule has 2 fully saturated rings. The van der Waals surface area contributed by atoms with Crippen LogP contribution >= 0.6 is 0 Å². The van der Waals surface area contributed by atoms with Crippen LogP contribution in [-0.4, -0.2) is 21.3 Å². The molecular formula is C20H27NO4S. The van der Waals surface area contributed by atoms with Crippen molar-refractivity contribution in [2.45, 2.75) is 51.0 Å². The standard InChI is InChI=1S/C20H27NO4S/c22-19(23)11-7-2-1-6-10-18-15-12-13-16(14-15)20(18)21-26(24)25-17-8-4-3-5-9-17/h1,3-6,8-9,15-16,18,20-21H,2,7,10-14H2,(H,22,23)/b6-1-/t15-,16+,18-,20-,26?/m0/s1. The minimum atomic E-state index is -1.54. The monoisotopic (exact) mass is 377 g/mol. The van der Waals surface area contributed by atoms with Crippen LogP contribution in [-0.2, 0) is 16.1 Å². The van der Waals surface area contributed by atoms with Crippen molar-refractivity contribution in [3.05, 3.63) is 42.5 Å². The Morgan fingerprint density at radius 1 is 1.23 bits per heavy atom. The van der Waals surface area contributed by atoms with Crippen LogP contribution in [0, 0.1) is 17.8 Å². The minimum Gasteiger partial charge on any atom is -0.481 e. The topological polar surface area (TPSA) is 75.6 Å². The molecule has 5 nitrogen and oxygen atoms in total. The molecule has 26 heavy (non-hydrogen) atoms. The van der Waals surface area contributed by atoms with Gasteiger partial charge in [0.25, 0.3) is 11.3 Å². The van der Waals surface area contributed by atoms with Gasteiger partial charge in [-0.05, 0) is 68.4 Å². The number of carboxylic acids is 1. The molecule has 1 aromatic carbocycles. The number of hydrogen-bond donors (Lipinski definition) is 2. The second-order valence-electron chi connectivity index (χ2n) is 7.26. The lowest BCUT2D eigenvalue weighted by molar-refractivity contribution is -0.137. The molecule has 2 aliphatic carbocycles. The van der Waals surface area contributed by atoms with E-state index in [0.717, 1.165) is 12.8 Å². The van der Waals surface area contributed by atoms with Crippen LogP contribution in [0.15, 0.2) is 42.5 Å². The van der Waals surface area contributed by atoms with Crippen LogP contribution in [0.4, 0.5) is 0 Å². The van der Waals surface area contributed by atoms with Crippen LogP contribution in [0.1, 0.15) is 44.9 Å². The Morgan fingerprint density at radius 3 is 2.77 bits per heavy atom. The lowest BCUT2D eigenvalue weighted by Crippen LogP contribution is -2.42. The van der Waals surface area contributed by atoms with Crippen LogP contribution in [0.2, 0.25) is 0 Å². The molecule has 6 heteroatoms. The van der Waals surface area contributed by atoms with Crippen molar-refractivity contribution in [2.24, 2.45) is 17.8 Å². The number of benzene rings is 1. The molecule has 5 atom stereocenters. The molecule has 2 bridgehead atoms. The molecule has 0 aromatic heterocycles. The second kappa shape index (κ2) is 9.33. The average Bonchev–Trinajstić information content (AvgIpc) is 3.21. The van der Waals surface area contributed by atoms with Crippen molar-refractivity contribution >= 4 is 17.2 Å². The largest absolute Gasteiger partial charge is 0.481 e. The maximum Gasteiger partial charge on any atom is 0.303 e. The van der Waals surface area contributed by atoms with Gasteiger partial charge in [0.2, 0.25) is 0 Å². The molecule has 142 valence electrons. The fourth-order valence-electron chi connectivity index (χ4n) is 4.37. The number of allylic oxidation sites excluding steroid dienone is 2. The number of fused-ring (bicyclic) bond motifs is 2. The third kappa shape index (κ3) is 5.17. The summed E-state index contributed by atoms with van der Waals surface area (Å²) in [5.74, 6) is 1.62. The van der Waals surface area contributed by atoms with Crippen molar-refractivity contribution < 1.29 is 18.3 Å². The molecule has 0 radical (unpaired) electrons. The van der Waals surface area contributed by atoms with Crippen molar-refractivity contribution in [2.75, 3.05) is 0 Å². The average molecular weight is 378 g/mol. The first-order valence-electron chi connectivity index (χ1n) is 9.41. The lowest BCUT2D eigenvalue weighted by atomic mass is 9.83. The first-order valence-corrected chi connectivity index (χ1v) is 10.5. The number of rotatable bonds is 10. The number of unbranched alkanes of at least 4 members (excludes halogenated alkanes) is 1. The summed E-state index contributed by atoms with van der Waals surface area (Å²) in [5, 5.41) is 8.67. The van der Waals surface area contributed by atoms with E-state index in [-0.39, 0.29) is 12.5 Å². The van der Waals surface area contributed by atoms with E-state index in [1.165, 1.54) is 19.3 Å². The highest BCUT2D eigenvalue weighted by atomic mass is 32.2. The fraction of sp³-hybridized carbons (Fsp3) is 0.550. The number of para-hydroxylation sites is 1. The van der Waals surface area contributed by atoms with E-state index in [0.29, 0.717) is 29.9 Å². The summed E-state index contributed by atoms with van der Waals surface area (Å²) in [6.07, 6.45) is 10.6. The van der Waals surface area contributed by atoms with Crippen LogP contribution in [0.5, 0.6) is 5.75 Å². The Kier molecular flexibility index (Phi) is 6.86. The summed E-state index contributed by atoms with van der Waals surface area (Å²) in [4.78, 5) is 10.5. The van der Waals surface area contributed by atoms with Gasteiger partial charge in [-0.25, -0.2) is 4.72 Å². The zero-order valence-electron chi connectivity index (χ0n) is 14.9. The maximum atomic E-state index is 12.4. The van der Waals surface area contributed by atoms with Crippen LogP contribution in [0.3, 0.4) is 0 Å². The predicted molar refractivity (Wildman–Crippen MR) is 102 cm³/mol. The Labute approximate surface area is 157 Å². The van der Waals surface area contributed by atoms with Gasteiger partial charge in [-0.3, -0.25) is 4.79 Å². The Hall–Kier alpha value is -1.66. The summed E-state index contributed by atoms with van der Waals surface area (Å²) in [6.45, 7) is 0. The Morgan fingerprint density at radius 2 is 2.00 bits per heavy atom. The highest BCUT2D eigenvalue weighted by molar-refractivity contribution is 7.78. The molecule has 2 N–H and O–H groups in total. The summed E-state index contributed by atoms with van der Waals surface area (Å²) in [7, 11) is 0. The van der Waals surface area contributed by atoms with Gasteiger partial charge >= 0.3 is 5.97 Å². The fourth-order valence-corrected chi connectivity index (χ4v) is 5.30. The van der Waals surface area contributed by atoms with E-state index >= 15 is 0 Å². The number of carboxylic acid groups (broad SMARTS) is 1. The molecule has 0 spiro atoms. The molecule has 0 saturated heterocycles.